The highest BCUT2D eigenvalue weighted by Gasteiger charge is 2.51. The van der Waals surface area contributed by atoms with E-state index >= 15 is 0 Å². The maximum atomic E-state index is 13.1. The molecule has 1 fully saturated rings. The molecular formula is C22H21NO3. The van der Waals surface area contributed by atoms with E-state index in [4.69, 9.17) is 0 Å². The quantitative estimate of drug-likeness (QED) is 0.815. The van der Waals surface area contributed by atoms with Crippen LogP contribution in [-0.2, 0) is 9.59 Å². The summed E-state index contributed by atoms with van der Waals surface area (Å²) in [5, 5.41) is 12.7. The van der Waals surface area contributed by atoms with Crippen molar-refractivity contribution in [3.05, 3.63) is 83.9 Å². The number of allylic oxidation sites excluding steroid dienone is 2. The van der Waals surface area contributed by atoms with E-state index in [1.165, 1.54) is 0 Å². The third-order valence-electron chi connectivity index (χ3n) is 5.60. The molecule has 0 heterocycles. The maximum Gasteiger partial charge on any atom is 0.307 e. The lowest BCUT2D eigenvalue weighted by Crippen LogP contribution is -2.41. The second-order valence-electron chi connectivity index (χ2n) is 7.10. The van der Waals surface area contributed by atoms with Crippen molar-refractivity contribution in [2.24, 2.45) is 23.7 Å². The summed E-state index contributed by atoms with van der Waals surface area (Å²) in [5.41, 5.74) is 1.97. The van der Waals surface area contributed by atoms with Gasteiger partial charge in [-0.15, -0.1) is 0 Å². The Labute approximate surface area is 152 Å². The number of fused-ring (bicyclic) bond motifs is 2. The van der Waals surface area contributed by atoms with E-state index in [-0.39, 0.29) is 23.8 Å². The van der Waals surface area contributed by atoms with Crippen molar-refractivity contribution >= 4 is 11.9 Å². The van der Waals surface area contributed by atoms with Crippen LogP contribution in [0.15, 0.2) is 72.8 Å². The molecule has 26 heavy (non-hydrogen) atoms. The highest BCUT2D eigenvalue weighted by atomic mass is 16.4. The molecule has 132 valence electrons. The van der Waals surface area contributed by atoms with Gasteiger partial charge < -0.3 is 10.4 Å². The Bertz CT molecular complexity index is 791. The van der Waals surface area contributed by atoms with Gasteiger partial charge in [0.2, 0.25) is 5.91 Å². The largest absolute Gasteiger partial charge is 0.481 e. The summed E-state index contributed by atoms with van der Waals surface area (Å²) < 4.78 is 0. The number of nitrogens with one attached hydrogen (secondary N) is 1. The van der Waals surface area contributed by atoms with Gasteiger partial charge in [-0.2, -0.15) is 0 Å². The highest BCUT2D eigenvalue weighted by molar-refractivity contribution is 5.87. The first-order chi connectivity index (χ1) is 12.6. The minimum atomic E-state index is -0.877. The Balaban J connectivity index is 1.63. The lowest BCUT2D eigenvalue weighted by molar-refractivity contribution is -0.147. The number of carboxylic acid groups (broad SMARTS) is 1. The number of carbonyl (C=O) groups excluding carboxylic acids is 1. The first-order valence-corrected chi connectivity index (χ1v) is 8.96. The van der Waals surface area contributed by atoms with E-state index < -0.39 is 17.8 Å². The molecular weight excluding hydrogens is 326 g/mol. The Morgan fingerprint density at radius 1 is 0.846 bits per heavy atom. The molecule has 4 heteroatoms. The van der Waals surface area contributed by atoms with E-state index in [9.17, 15) is 14.7 Å². The zero-order chi connectivity index (χ0) is 18.1. The molecule has 0 aromatic heterocycles. The number of carbonyl (C=O) groups is 2. The molecule has 1 amide bonds. The first-order valence-electron chi connectivity index (χ1n) is 8.96. The number of hydrogen-bond donors (Lipinski definition) is 2. The van der Waals surface area contributed by atoms with E-state index in [0.717, 1.165) is 17.5 Å². The minimum Gasteiger partial charge on any atom is -0.481 e. The third-order valence-corrected chi connectivity index (χ3v) is 5.60. The summed E-state index contributed by atoms with van der Waals surface area (Å²) in [6.45, 7) is 0. The lowest BCUT2D eigenvalue weighted by atomic mass is 9.82. The van der Waals surface area contributed by atoms with Gasteiger partial charge in [0.05, 0.1) is 17.9 Å². The Morgan fingerprint density at radius 3 is 1.85 bits per heavy atom. The summed E-state index contributed by atoms with van der Waals surface area (Å²) in [6.07, 6.45) is 4.73. The summed E-state index contributed by atoms with van der Waals surface area (Å²) in [6, 6.07) is 19.3. The van der Waals surface area contributed by atoms with Gasteiger partial charge >= 0.3 is 5.97 Å². The molecule has 2 aliphatic carbocycles. The normalized spacial score (nSPS) is 26.2. The second kappa shape index (κ2) is 6.79. The zero-order valence-corrected chi connectivity index (χ0v) is 14.3. The van der Waals surface area contributed by atoms with Crippen LogP contribution in [0.2, 0.25) is 0 Å². The van der Waals surface area contributed by atoms with Gasteiger partial charge in [-0.05, 0) is 29.4 Å². The van der Waals surface area contributed by atoms with Crippen LogP contribution in [0, 0.1) is 23.7 Å². The zero-order valence-electron chi connectivity index (χ0n) is 14.3. The highest BCUT2D eigenvalue weighted by Crippen LogP contribution is 2.48. The molecule has 2 aliphatic rings. The number of benzene rings is 2. The van der Waals surface area contributed by atoms with E-state index in [2.05, 4.69) is 5.32 Å². The predicted octanol–water partition coefficient (Wildman–Crippen LogP) is 3.42. The number of aliphatic carboxylic acids is 1. The Morgan fingerprint density at radius 2 is 1.35 bits per heavy atom. The Hall–Kier alpha value is -2.88. The van der Waals surface area contributed by atoms with Crippen LogP contribution < -0.4 is 5.32 Å². The minimum absolute atomic E-state index is 0.0216. The van der Waals surface area contributed by atoms with Crippen LogP contribution in [0.1, 0.15) is 23.6 Å². The maximum absolute atomic E-state index is 13.1. The molecule has 0 spiro atoms. The second-order valence-corrected chi connectivity index (χ2v) is 7.10. The van der Waals surface area contributed by atoms with Crippen molar-refractivity contribution < 1.29 is 14.7 Å². The molecule has 2 aromatic carbocycles. The summed E-state index contributed by atoms with van der Waals surface area (Å²) in [7, 11) is 0. The van der Waals surface area contributed by atoms with Crippen LogP contribution in [-0.4, -0.2) is 17.0 Å². The van der Waals surface area contributed by atoms with Crippen molar-refractivity contribution in [2.45, 2.75) is 12.5 Å². The smallest absolute Gasteiger partial charge is 0.307 e. The molecule has 4 nitrogen and oxygen atoms in total. The average Bonchev–Trinajstić information content (AvgIpc) is 3.29. The number of carboxylic acids is 1. The van der Waals surface area contributed by atoms with Crippen molar-refractivity contribution in [1.29, 1.82) is 0 Å². The van der Waals surface area contributed by atoms with Crippen molar-refractivity contribution in [3.8, 4) is 0 Å². The monoisotopic (exact) mass is 347 g/mol. The van der Waals surface area contributed by atoms with Gasteiger partial charge in [0.1, 0.15) is 0 Å². The van der Waals surface area contributed by atoms with Gasteiger partial charge in [0, 0.05) is 0 Å². The van der Waals surface area contributed by atoms with Crippen LogP contribution in [0.25, 0.3) is 0 Å². The molecule has 2 N–H and O–H groups in total. The van der Waals surface area contributed by atoms with Crippen LogP contribution in [0.3, 0.4) is 0 Å². The molecule has 0 saturated heterocycles. The summed E-state index contributed by atoms with van der Waals surface area (Å²) in [4.78, 5) is 24.8. The molecule has 0 aliphatic heterocycles. The van der Waals surface area contributed by atoms with Gasteiger partial charge in [0.25, 0.3) is 0 Å². The van der Waals surface area contributed by atoms with Gasteiger partial charge in [-0.25, -0.2) is 0 Å². The van der Waals surface area contributed by atoms with Gasteiger partial charge in [-0.3, -0.25) is 9.59 Å². The average molecular weight is 347 g/mol. The van der Waals surface area contributed by atoms with Crippen LogP contribution >= 0.6 is 0 Å². The molecule has 4 rings (SSSR count). The first kappa shape index (κ1) is 16.6. The van der Waals surface area contributed by atoms with Gasteiger partial charge in [0.15, 0.2) is 0 Å². The fourth-order valence-electron chi connectivity index (χ4n) is 4.40. The summed E-state index contributed by atoms with van der Waals surface area (Å²) >= 11 is 0. The molecule has 0 unspecified atom stereocenters. The van der Waals surface area contributed by atoms with E-state index in [0.29, 0.717) is 0 Å². The summed E-state index contributed by atoms with van der Waals surface area (Å²) in [5.74, 6) is -2.19. The Kier molecular flexibility index (Phi) is 4.33. The van der Waals surface area contributed by atoms with Crippen LogP contribution in [0.5, 0.6) is 0 Å². The van der Waals surface area contributed by atoms with Crippen LogP contribution in [0.4, 0.5) is 0 Å². The molecule has 4 atom stereocenters. The number of hydrogen-bond acceptors (Lipinski definition) is 2. The molecule has 0 radical (unpaired) electrons. The van der Waals surface area contributed by atoms with Crippen molar-refractivity contribution in [2.75, 3.05) is 0 Å². The van der Waals surface area contributed by atoms with Crippen molar-refractivity contribution in [1.82, 2.24) is 5.32 Å². The molecule has 2 aromatic rings. The van der Waals surface area contributed by atoms with Crippen molar-refractivity contribution in [3.63, 3.8) is 0 Å². The predicted molar refractivity (Wildman–Crippen MR) is 98.2 cm³/mol. The lowest BCUT2D eigenvalue weighted by Gasteiger charge is -2.27. The fourth-order valence-corrected chi connectivity index (χ4v) is 4.40. The standard InChI is InChI=1S/C22H21NO3/c24-21(18-16-11-12-17(13-16)19(18)22(25)26)23-20(14-7-3-1-4-8-14)15-9-5-2-6-10-15/h1-12,16-20H,13H2,(H,23,24)(H,25,26)/t16-,17-,18+,19+/m0/s1. The van der Waals surface area contributed by atoms with E-state index in [1.54, 1.807) is 0 Å². The third kappa shape index (κ3) is 2.92. The topological polar surface area (TPSA) is 66.4 Å². The van der Waals surface area contributed by atoms with Gasteiger partial charge in [-0.1, -0.05) is 72.8 Å². The number of amides is 1. The number of rotatable bonds is 5. The molecule has 2 bridgehead atoms. The SMILES string of the molecule is O=C(O)[C@H]1[C@H](C(=O)NC(c2ccccc2)c2ccccc2)[C@H]2C=C[C@H]1C2. The van der Waals surface area contributed by atoms with E-state index in [1.807, 2.05) is 72.8 Å². The fraction of sp³-hybridized carbons (Fsp3) is 0.273. The molecule has 1 saturated carbocycles.